The lowest BCUT2D eigenvalue weighted by molar-refractivity contribution is -0.150. The Labute approximate surface area is 131 Å². The van der Waals surface area contributed by atoms with Crippen LogP contribution in [0.5, 0.6) is 0 Å². The molecule has 2 amide bonds. The SMILES string of the molecule is CC(C)(Br)C(=O)OCCN1C(=O)[C@@H]2C3CCC(O3)[C@@H]2C1=O. The summed E-state index contributed by atoms with van der Waals surface area (Å²) in [6.07, 6.45) is 1.49. The van der Waals surface area contributed by atoms with Crippen molar-refractivity contribution >= 4 is 33.7 Å². The van der Waals surface area contributed by atoms with Gasteiger partial charge in [0.15, 0.2) is 0 Å². The van der Waals surface area contributed by atoms with E-state index >= 15 is 0 Å². The molecule has 21 heavy (non-hydrogen) atoms. The van der Waals surface area contributed by atoms with Gasteiger partial charge >= 0.3 is 5.97 Å². The molecule has 7 heteroatoms. The van der Waals surface area contributed by atoms with Crippen molar-refractivity contribution in [3.63, 3.8) is 0 Å². The van der Waals surface area contributed by atoms with Crippen LogP contribution in [0, 0.1) is 11.8 Å². The average Bonchev–Trinajstić information content (AvgIpc) is 3.06. The zero-order valence-electron chi connectivity index (χ0n) is 12.0. The molecule has 0 spiro atoms. The Morgan fingerprint density at radius 2 is 1.81 bits per heavy atom. The number of alkyl halides is 1. The van der Waals surface area contributed by atoms with E-state index in [1.807, 2.05) is 0 Å². The first-order chi connectivity index (χ1) is 9.80. The summed E-state index contributed by atoms with van der Waals surface area (Å²) in [4.78, 5) is 37.5. The second kappa shape index (κ2) is 5.05. The van der Waals surface area contributed by atoms with E-state index in [0.29, 0.717) is 0 Å². The first-order valence-corrected chi connectivity index (χ1v) is 7.97. The van der Waals surface area contributed by atoms with E-state index < -0.39 is 10.3 Å². The van der Waals surface area contributed by atoms with Gasteiger partial charge in [0.1, 0.15) is 10.9 Å². The number of ether oxygens (including phenoxy) is 2. The summed E-state index contributed by atoms with van der Waals surface area (Å²) in [5.41, 5.74) is 0. The van der Waals surface area contributed by atoms with Crippen molar-refractivity contribution in [2.45, 2.75) is 43.2 Å². The topological polar surface area (TPSA) is 72.9 Å². The number of carbonyl (C=O) groups is 3. The van der Waals surface area contributed by atoms with E-state index in [0.717, 1.165) is 12.8 Å². The standard InChI is InChI=1S/C14H18BrNO5/c1-14(2,15)13(19)20-6-5-16-11(17)9-7-3-4-8(21-7)10(9)12(16)18/h7-10H,3-6H2,1-2H3/t7?,8?,9-,10+. The highest BCUT2D eigenvalue weighted by molar-refractivity contribution is 9.10. The lowest BCUT2D eigenvalue weighted by Crippen LogP contribution is -2.38. The molecule has 0 N–H and O–H groups in total. The van der Waals surface area contributed by atoms with E-state index in [-0.39, 0.29) is 49.0 Å². The maximum Gasteiger partial charge on any atom is 0.322 e. The predicted molar refractivity (Wildman–Crippen MR) is 75.6 cm³/mol. The van der Waals surface area contributed by atoms with Crippen LogP contribution in [0.1, 0.15) is 26.7 Å². The van der Waals surface area contributed by atoms with Crippen LogP contribution < -0.4 is 0 Å². The van der Waals surface area contributed by atoms with Gasteiger partial charge in [0.2, 0.25) is 11.8 Å². The molecule has 3 heterocycles. The number of rotatable bonds is 4. The molecule has 0 radical (unpaired) electrons. The summed E-state index contributed by atoms with van der Waals surface area (Å²) in [5.74, 6) is -1.40. The zero-order chi connectivity index (χ0) is 15.4. The Balaban J connectivity index is 1.59. The molecule has 3 rings (SSSR count). The van der Waals surface area contributed by atoms with E-state index in [1.165, 1.54) is 4.90 Å². The molecule has 0 aromatic rings. The average molecular weight is 360 g/mol. The highest BCUT2D eigenvalue weighted by Gasteiger charge is 2.62. The Hall–Kier alpha value is -0.950. The summed E-state index contributed by atoms with van der Waals surface area (Å²) in [6, 6.07) is 0. The molecule has 2 bridgehead atoms. The van der Waals surface area contributed by atoms with Gasteiger partial charge in [-0.15, -0.1) is 0 Å². The van der Waals surface area contributed by atoms with E-state index in [9.17, 15) is 14.4 Å². The monoisotopic (exact) mass is 359 g/mol. The molecule has 4 atom stereocenters. The fourth-order valence-corrected chi connectivity index (χ4v) is 3.51. The van der Waals surface area contributed by atoms with Crippen molar-refractivity contribution in [2.75, 3.05) is 13.2 Å². The molecule has 116 valence electrons. The number of halogens is 1. The summed E-state index contributed by atoms with van der Waals surface area (Å²) in [7, 11) is 0. The number of hydrogen-bond donors (Lipinski definition) is 0. The largest absolute Gasteiger partial charge is 0.463 e. The fourth-order valence-electron chi connectivity index (χ4n) is 3.40. The van der Waals surface area contributed by atoms with Gasteiger partial charge in [-0.2, -0.15) is 0 Å². The van der Waals surface area contributed by atoms with Crippen LogP contribution in [0.25, 0.3) is 0 Å². The van der Waals surface area contributed by atoms with Crippen LogP contribution in [0.4, 0.5) is 0 Å². The summed E-state index contributed by atoms with van der Waals surface area (Å²) in [5, 5.41) is 0. The Morgan fingerprint density at radius 1 is 1.29 bits per heavy atom. The van der Waals surface area contributed by atoms with Crippen molar-refractivity contribution in [2.24, 2.45) is 11.8 Å². The quantitative estimate of drug-likeness (QED) is 0.423. The van der Waals surface area contributed by atoms with Gasteiger partial charge in [-0.25, -0.2) is 0 Å². The van der Waals surface area contributed by atoms with Crippen LogP contribution in [-0.2, 0) is 23.9 Å². The molecule has 3 aliphatic rings. The van der Waals surface area contributed by atoms with Gasteiger partial charge in [-0.1, -0.05) is 15.9 Å². The molecule has 0 saturated carbocycles. The molecule has 3 saturated heterocycles. The number of esters is 1. The number of nitrogens with zero attached hydrogens (tertiary/aromatic N) is 1. The first kappa shape index (κ1) is 15.0. The van der Waals surface area contributed by atoms with Crippen LogP contribution in [0.2, 0.25) is 0 Å². The van der Waals surface area contributed by atoms with E-state index in [2.05, 4.69) is 15.9 Å². The minimum atomic E-state index is -0.768. The Morgan fingerprint density at radius 3 is 2.29 bits per heavy atom. The molecule has 0 aromatic heterocycles. The second-order valence-corrected chi connectivity index (χ2v) is 8.26. The highest BCUT2D eigenvalue weighted by Crippen LogP contribution is 2.48. The van der Waals surface area contributed by atoms with Gasteiger partial charge in [0.25, 0.3) is 0 Å². The highest BCUT2D eigenvalue weighted by atomic mass is 79.9. The third-order valence-electron chi connectivity index (χ3n) is 4.41. The molecule has 3 aliphatic heterocycles. The fraction of sp³-hybridized carbons (Fsp3) is 0.786. The normalized spacial score (nSPS) is 34.5. The van der Waals surface area contributed by atoms with Crippen LogP contribution in [0.15, 0.2) is 0 Å². The van der Waals surface area contributed by atoms with Crippen molar-refractivity contribution in [3.05, 3.63) is 0 Å². The smallest absolute Gasteiger partial charge is 0.322 e. The van der Waals surface area contributed by atoms with E-state index in [4.69, 9.17) is 9.47 Å². The van der Waals surface area contributed by atoms with Crippen molar-refractivity contribution < 1.29 is 23.9 Å². The second-order valence-electron chi connectivity index (χ2n) is 6.28. The zero-order valence-corrected chi connectivity index (χ0v) is 13.6. The predicted octanol–water partition coefficient (Wildman–Crippen LogP) is 0.865. The van der Waals surface area contributed by atoms with Gasteiger partial charge in [-0.3, -0.25) is 19.3 Å². The maximum absolute atomic E-state index is 12.3. The maximum atomic E-state index is 12.3. The number of hydrogen-bond acceptors (Lipinski definition) is 5. The van der Waals surface area contributed by atoms with Gasteiger partial charge < -0.3 is 9.47 Å². The molecule has 3 fully saturated rings. The Kier molecular flexibility index (Phi) is 3.60. The van der Waals surface area contributed by atoms with Crippen molar-refractivity contribution in [1.82, 2.24) is 4.90 Å². The minimum Gasteiger partial charge on any atom is -0.463 e. The number of fused-ring (bicyclic) bond motifs is 5. The lowest BCUT2D eigenvalue weighted by Gasteiger charge is -2.19. The third-order valence-corrected chi connectivity index (χ3v) is 4.73. The van der Waals surface area contributed by atoms with Crippen LogP contribution >= 0.6 is 15.9 Å². The van der Waals surface area contributed by atoms with Gasteiger partial charge in [-0.05, 0) is 26.7 Å². The number of amides is 2. The first-order valence-electron chi connectivity index (χ1n) is 7.17. The molecule has 6 nitrogen and oxygen atoms in total. The summed E-state index contributed by atoms with van der Waals surface area (Å²) in [6.45, 7) is 3.52. The van der Waals surface area contributed by atoms with Gasteiger partial charge in [0.05, 0.1) is 30.6 Å². The molecular formula is C14H18BrNO5. The molecule has 0 aliphatic carbocycles. The number of imide groups is 1. The number of likely N-dealkylation sites (tertiary alicyclic amines) is 1. The summed E-state index contributed by atoms with van der Waals surface area (Å²) >= 11 is 3.21. The lowest BCUT2D eigenvalue weighted by atomic mass is 9.81. The summed E-state index contributed by atoms with van der Waals surface area (Å²) < 4.78 is 9.98. The van der Waals surface area contributed by atoms with Crippen molar-refractivity contribution in [3.8, 4) is 0 Å². The molecule has 0 aromatic carbocycles. The molecular weight excluding hydrogens is 342 g/mol. The van der Waals surface area contributed by atoms with Gasteiger partial charge in [0, 0.05) is 0 Å². The number of carbonyl (C=O) groups excluding carboxylic acids is 3. The minimum absolute atomic E-state index is 0.0287. The van der Waals surface area contributed by atoms with E-state index in [1.54, 1.807) is 13.8 Å². The Bertz CT molecular complexity index is 472. The van der Waals surface area contributed by atoms with Crippen LogP contribution in [-0.4, -0.2) is 52.4 Å². The van der Waals surface area contributed by atoms with Crippen molar-refractivity contribution in [1.29, 1.82) is 0 Å². The molecule has 2 unspecified atom stereocenters. The van der Waals surface area contributed by atoms with Crippen LogP contribution in [0.3, 0.4) is 0 Å². The third kappa shape index (κ3) is 2.40.